The maximum absolute atomic E-state index is 12.5. The third-order valence-corrected chi connectivity index (χ3v) is 6.29. The van der Waals surface area contributed by atoms with E-state index in [-0.39, 0.29) is 30.4 Å². The van der Waals surface area contributed by atoms with Gasteiger partial charge in [-0.05, 0) is 38.0 Å². The summed E-state index contributed by atoms with van der Waals surface area (Å²) in [5.74, 6) is 1.41. The number of nitrogens with one attached hydrogen (secondary N) is 1. The van der Waals surface area contributed by atoms with E-state index in [1.165, 1.54) is 12.1 Å². The van der Waals surface area contributed by atoms with E-state index in [1.807, 2.05) is 31.2 Å². The molecule has 0 aromatic heterocycles. The van der Waals surface area contributed by atoms with Crippen LogP contribution in [0.15, 0.2) is 47.4 Å². The Morgan fingerprint density at radius 2 is 1.81 bits per heavy atom. The maximum atomic E-state index is 12.5. The Bertz CT molecular complexity index is 1010. The van der Waals surface area contributed by atoms with Crippen LogP contribution in [0.5, 0.6) is 17.2 Å². The van der Waals surface area contributed by atoms with Crippen LogP contribution in [-0.2, 0) is 26.2 Å². The molecule has 1 aliphatic heterocycles. The van der Waals surface area contributed by atoms with Gasteiger partial charge in [0.25, 0.3) is 0 Å². The van der Waals surface area contributed by atoms with E-state index < -0.39 is 10.0 Å². The highest BCUT2D eigenvalue weighted by molar-refractivity contribution is 7.89. The molecule has 32 heavy (non-hydrogen) atoms. The number of benzene rings is 2. The number of rotatable bonds is 12. The van der Waals surface area contributed by atoms with Crippen molar-refractivity contribution in [2.75, 3.05) is 26.4 Å². The molecule has 0 radical (unpaired) electrons. The van der Waals surface area contributed by atoms with Crippen molar-refractivity contribution in [1.29, 1.82) is 0 Å². The zero-order valence-corrected chi connectivity index (χ0v) is 19.0. The quantitative estimate of drug-likeness (QED) is 0.380. The second-order valence-corrected chi connectivity index (χ2v) is 8.98. The predicted molar refractivity (Wildman–Crippen MR) is 118 cm³/mol. The highest BCUT2D eigenvalue weighted by Gasteiger charge is 2.19. The van der Waals surface area contributed by atoms with Crippen molar-refractivity contribution in [1.82, 2.24) is 4.72 Å². The van der Waals surface area contributed by atoms with Crippen LogP contribution in [0, 0.1) is 0 Å². The first-order valence-corrected chi connectivity index (χ1v) is 12.2. The van der Waals surface area contributed by atoms with Crippen LogP contribution in [0.1, 0.15) is 38.2 Å². The van der Waals surface area contributed by atoms with Gasteiger partial charge in [0.1, 0.15) is 25.6 Å². The molecule has 2 aromatic rings. The molecule has 0 spiro atoms. The molecule has 8 nitrogen and oxygen atoms in total. The lowest BCUT2D eigenvalue weighted by Crippen LogP contribution is -2.25. The second-order valence-electron chi connectivity index (χ2n) is 7.22. The van der Waals surface area contributed by atoms with Gasteiger partial charge in [0.05, 0.1) is 11.5 Å². The lowest BCUT2D eigenvalue weighted by atomic mass is 10.2. The summed E-state index contributed by atoms with van der Waals surface area (Å²) in [6, 6.07) is 12.0. The van der Waals surface area contributed by atoms with Crippen molar-refractivity contribution in [3.8, 4) is 17.2 Å². The lowest BCUT2D eigenvalue weighted by molar-refractivity contribution is -0.145. The molecule has 2 aromatic carbocycles. The molecule has 0 fully saturated rings. The summed E-state index contributed by atoms with van der Waals surface area (Å²) < 4.78 is 49.2. The maximum Gasteiger partial charge on any atom is 0.306 e. The lowest BCUT2D eigenvalue weighted by Gasteiger charge is -2.18. The molecule has 0 aliphatic carbocycles. The molecule has 0 saturated carbocycles. The van der Waals surface area contributed by atoms with Gasteiger partial charge in [-0.3, -0.25) is 4.79 Å². The fourth-order valence-electron chi connectivity index (χ4n) is 3.20. The number of unbranched alkanes of at least 4 members (excludes halogenated alkanes) is 2. The Balaban J connectivity index is 1.34. The molecule has 1 aliphatic rings. The number of carbonyl (C=O) groups excluding carboxylic acids is 1. The zero-order valence-electron chi connectivity index (χ0n) is 18.2. The van der Waals surface area contributed by atoms with Crippen molar-refractivity contribution < 1.29 is 32.2 Å². The summed E-state index contributed by atoms with van der Waals surface area (Å²) >= 11 is 0. The number of fused-ring (bicyclic) bond motifs is 1. The number of carbonyl (C=O) groups is 1. The average Bonchev–Trinajstić information content (AvgIpc) is 2.80. The Morgan fingerprint density at radius 3 is 2.62 bits per heavy atom. The van der Waals surface area contributed by atoms with Gasteiger partial charge in [0, 0.05) is 24.6 Å². The van der Waals surface area contributed by atoms with E-state index in [4.69, 9.17) is 18.9 Å². The van der Waals surface area contributed by atoms with Crippen LogP contribution >= 0.6 is 0 Å². The average molecular weight is 464 g/mol. The van der Waals surface area contributed by atoms with Gasteiger partial charge in [0.15, 0.2) is 11.5 Å². The van der Waals surface area contributed by atoms with Crippen LogP contribution in [0.25, 0.3) is 0 Å². The molecule has 0 amide bonds. The summed E-state index contributed by atoms with van der Waals surface area (Å²) in [6.07, 6.45) is 2.22. The van der Waals surface area contributed by atoms with E-state index in [0.717, 1.165) is 5.56 Å². The highest BCUT2D eigenvalue weighted by Crippen LogP contribution is 2.32. The minimum absolute atomic E-state index is 0.137. The molecule has 3 rings (SSSR count). The zero-order chi connectivity index (χ0) is 22.8. The Labute approximate surface area is 188 Å². The molecule has 1 N–H and O–H groups in total. The molecular weight excluding hydrogens is 434 g/mol. The SMILES string of the molecule is CCOc1ccccc1COC(=O)CCCCCNS(=O)(=O)c1ccc2c(c1)OCCO2. The van der Waals surface area contributed by atoms with Gasteiger partial charge in [-0.25, -0.2) is 13.1 Å². The summed E-state index contributed by atoms with van der Waals surface area (Å²) in [4.78, 5) is 12.1. The van der Waals surface area contributed by atoms with Crippen LogP contribution in [0.3, 0.4) is 0 Å². The summed E-state index contributed by atoms with van der Waals surface area (Å²) in [5.41, 5.74) is 0.830. The molecular formula is C23H29NO7S. The van der Waals surface area contributed by atoms with Gasteiger partial charge in [-0.2, -0.15) is 0 Å². The molecule has 174 valence electrons. The molecule has 9 heteroatoms. The van der Waals surface area contributed by atoms with Crippen LogP contribution in [0.4, 0.5) is 0 Å². The fraction of sp³-hybridized carbons (Fsp3) is 0.435. The van der Waals surface area contributed by atoms with E-state index in [0.29, 0.717) is 56.3 Å². The van der Waals surface area contributed by atoms with Crippen molar-refractivity contribution in [2.24, 2.45) is 0 Å². The second kappa shape index (κ2) is 11.7. The van der Waals surface area contributed by atoms with E-state index >= 15 is 0 Å². The van der Waals surface area contributed by atoms with E-state index in [9.17, 15) is 13.2 Å². The Kier molecular flexibility index (Phi) is 8.75. The van der Waals surface area contributed by atoms with Gasteiger partial charge in [0.2, 0.25) is 10.0 Å². The number of esters is 1. The van der Waals surface area contributed by atoms with E-state index in [2.05, 4.69) is 4.72 Å². The summed E-state index contributed by atoms with van der Waals surface area (Å²) in [5, 5.41) is 0. The van der Waals surface area contributed by atoms with Crippen LogP contribution in [-0.4, -0.2) is 40.8 Å². The minimum Gasteiger partial charge on any atom is -0.493 e. The number of hydrogen-bond acceptors (Lipinski definition) is 7. The molecule has 0 atom stereocenters. The minimum atomic E-state index is -3.63. The first-order valence-electron chi connectivity index (χ1n) is 10.8. The standard InChI is InChI=1S/C23H29NO7S/c1-2-28-20-9-6-5-8-18(20)17-31-23(25)10-4-3-7-13-24-32(26,27)19-11-12-21-22(16-19)30-15-14-29-21/h5-6,8-9,11-12,16,24H,2-4,7,10,13-15,17H2,1H3. The first kappa shape index (κ1) is 23.9. The van der Waals surface area contributed by atoms with Gasteiger partial charge < -0.3 is 18.9 Å². The fourth-order valence-corrected chi connectivity index (χ4v) is 4.29. The number of sulfonamides is 1. The number of para-hydroxylation sites is 1. The highest BCUT2D eigenvalue weighted by atomic mass is 32.2. The van der Waals surface area contributed by atoms with Gasteiger partial charge in [-0.15, -0.1) is 0 Å². The van der Waals surface area contributed by atoms with Crippen LogP contribution in [0.2, 0.25) is 0 Å². The van der Waals surface area contributed by atoms with Crippen molar-refractivity contribution in [3.05, 3.63) is 48.0 Å². The van der Waals surface area contributed by atoms with Gasteiger partial charge >= 0.3 is 5.97 Å². The third-order valence-electron chi connectivity index (χ3n) is 4.83. The smallest absolute Gasteiger partial charge is 0.306 e. The van der Waals surface area contributed by atoms with Crippen molar-refractivity contribution in [2.45, 2.75) is 44.1 Å². The number of ether oxygens (including phenoxy) is 4. The summed E-state index contributed by atoms with van der Waals surface area (Å²) in [7, 11) is -3.63. The van der Waals surface area contributed by atoms with E-state index in [1.54, 1.807) is 6.07 Å². The van der Waals surface area contributed by atoms with Crippen LogP contribution < -0.4 is 18.9 Å². The monoisotopic (exact) mass is 463 g/mol. The molecule has 0 saturated heterocycles. The molecule has 1 heterocycles. The third kappa shape index (κ3) is 6.86. The van der Waals surface area contributed by atoms with Crippen molar-refractivity contribution >= 4 is 16.0 Å². The first-order chi connectivity index (χ1) is 15.5. The number of hydrogen-bond donors (Lipinski definition) is 1. The summed E-state index contributed by atoms with van der Waals surface area (Å²) in [6.45, 7) is 3.75. The molecule has 0 unspecified atom stereocenters. The van der Waals surface area contributed by atoms with Crippen molar-refractivity contribution in [3.63, 3.8) is 0 Å². The predicted octanol–water partition coefficient (Wildman–Crippen LogP) is 3.44. The Hall–Kier alpha value is -2.78. The largest absolute Gasteiger partial charge is 0.493 e. The van der Waals surface area contributed by atoms with Gasteiger partial charge in [-0.1, -0.05) is 24.6 Å². The topological polar surface area (TPSA) is 100 Å². The molecule has 0 bridgehead atoms. The normalized spacial score (nSPS) is 12.9. The Morgan fingerprint density at radius 1 is 1.03 bits per heavy atom.